The Hall–Kier alpha value is -2.34. The number of carbonyl (C=O) groups is 1. The van der Waals surface area contributed by atoms with Crippen molar-refractivity contribution in [3.63, 3.8) is 0 Å². The first-order valence-corrected chi connectivity index (χ1v) is 8.95. The summed E-state index contributed by atoms with van der Waals surface area (Å²) >= 11 is 1.72. The number of aliphatic imine (C=N–C) groups is 1. The zero-order chi connectivity index (χ0) is 17.2. The third kappa shape index (κ3) is 6.04. The minimum atomic E-state index is 0.0570. The van der Waals surface area contributed by atoms with Crippen molar-refractivity contribution in [3.8, 4) is 0 Å². The summed E-state index contributed by atoms with van der Waals surface area (Å²) in [5.41, 5.74) is 1.96. The van der Waals surface area contributed by atoms with Crippen LogP contribution in [-0.2, 0) is 17.9 Å². The summed E-state index contributed by atoms with van der Waals surface area (Å²) in [6, 6.07) is 12.0. The van der Waals surface area contributed by atoms with E-state index >= 15 is 0 Å². The molecule has 0 saturated heterocycles. The fourth-order valence-corrected chi connectivity index (χ4v) is 2.79. The Balaban J connectivity index is 1.79. The van der Waals surface area contributed by atoms with E-state index < -0.39 is 0 Å². The van der Waals surface area contributed by atoms with Gasteiger partial charge in [0.2, 0.25) is 5.91 Å². The molecule has 6 heteroatoms. The molecule has 0 saturated carbocycles. The van der Waals surface area contributed by atoms with Crippen molar-refractivity contribution in [1.29, 1.82) is 0 Å². The fraction of sp³-hybridized carbons (Fsp3) is 0.333. The van der Waals surface area contributed by atoms with Gasteiger partial charge in [-0.05, 0) is 35.6 Å². The first-order chi connectivity index (χ1) is 11.7. The number of guanidine groups is 1. The number of hydrogen-bond donors (Lipinski definition) is 3. The Kier molecular flexibility index (Phi) is 7.29. The summed E-state index contributed by atoms with van der Waals surface area (Å²) in [5.74, 6) is 0.824. The molecule has 0 spiro atoms. The summed E-state index contributed by atoms with van der Waals surface area (Å²) in [4.78, 5) is 17.1. The molecule has 1 aromatic carbocycles. The van der Waals surface area contributed by atoms with Gasteiger partial charge in [0.25, 0.3) is 0 Å². The van der Waals surface area contributed by atoms with Gasteiger partial charge in [0.15, 0.2) is 5.96 Å². The van der Waals surface area contributed by atoms with E-state index in [4.69, 9.17) is 0 Å². The molecule has 0 atom stereocenters. The van der Waals surface area contributed by atoms with E-state index in [-0.39, 0.29) is 5.91 Å². The van der Waals surface area contributed by atoms with Gasteiger partial charge in [-0.25, -0.2) is 0 Å². The molecular weight excluding hydrogens is 320 g/mol. The van der Waals surface area contributed by atoms with Crippen LogP contribution in [0.5, 0.6) is 0 Å². The van der Waals surface area contributed by atoms with Gasteiger partial charge in [-0.15, -0.1) is 11.3 Å². The SMILES string of the molecule is CCCC(=O)Nc1ccc(CNC(=NC)NCc2cccs2)cc1. The Morgan fingerprint density at radius 3 is 2.50 bits per heavy atom. The molecule has 0 fully saturated rings. The monoisotopic (exact) mass is 344 g/mol. The highest BCUT2D eigenvalue weighted by atomic mass is 32.1. The first kappa shape index (κ1) is 18.0. The molecule has 2 aromatic rings. The molecule has 5 nitrogen and oxygen atoms in total. The lowest BCUT2D eigenvalue weighted by molar-refractivity contribution is -0.116. The minimum absolute atomic E-state index is 0.0570. The van der Waals surface area contributed by atoms with E-state index in [9.17, 15) is 4.79 Å². The first-order valence-electron chi connectivity index (χ1n) is 8.07. The van der Waals surface area contributed by atoms with Crippen LogP contribution in [0.2, 0.25) is 0 Å². The quantitative estimate of drug-likeness (QED) is 0.533. The molecule has 24 heavy (non-hydrogen) atoms. The van der Waals surface area contributed by atoms with Crippen LogP contribution in [-0.4, -0.2) is 18.9 Å². The van der Waals surface area contributed by atoms with Gasteiger partial charge in [0, 0.05) is 30.6 Å². The van der Waals surface area contributed by atoms with Crippen LogP contribution in [0.1, 0.15) is 30.2 Å². The predicted molar refractivity (Wildman–Crippen MR) is 101 cm³/mol. The molecule has 3 N–H and O–H groups in total. The van der Waals surface area contributed by atoms with E-state index in [2.05, 4.69) is 32.4 Å². The molecule has 1 amide bonds. The number of rotatable bonds is 7. The van der Waals surface area contributed by atoms with Gasteiger partial charge in [-0.1, -0.05) is 25.1 Å². The third-order valence-corrected chi connectivity index (χ3v) is 4.28. The van der Waals surface area contributed by atoms with Crippen molar-refractivity contribution in [2.75, 3.05) is 12.4 Å². The molecule has 0 unspecified atom stereocenters. The van der Waals surface area contributed by atoms with E-state index in [1.54, 1.807) is 18.4 Å². The highest BCUT2D eigenvalue weighted by Crippen LogP contribution is 2.10. The average Bonchev–Trinajstić information content (AvgIpc) is 3.10. The van der Waals surface area contributed by atoms with E-state index in [1.807, 2.05) is 37.3 Å². The number of nitrogens with one attached hydrogen (secondary N) is 3. The molecule has 1 heterocycles. The molecule has 0 aliphatic rings. The lowest BCUT2D eigenvalue weighted by Gasteiger charge is -2.12. The van der Waals surface area contributed by atoms with Crippen molar-refractivity contribution >= 4 is 28.9 Å². The lowest BCUT2D eigenvalue weighted by Crippen LogP contribution is -2.36. The van der Waals surface area contributed by atoms with Gasteiger partial charge in [0.05, 0.1) is 6.54 Å². The van der Waals surface area contributed by atoms with Gasteiger partial charge < -0.3 is 16.0 Å². The second-order valence-corrected chi connectivity index (χ2v) is 6.39. The zero-order valence-corrected chi connectivity index (χ0v) is 15.0. The molecule has 2 rings (SSSR count). The number of hydrogen-bond acceptors (Lipinski definition) is 3. The Morgan fingerprint density at radius 1 is 1.12 bits per heavy atom. The van der Waals surface area contributed by atoms with E-state index in [0.29, 0.717) is 13.0 Å². The van der Waals surface area contributed by atoms with Crippen LogP contribution in [0.15, 0.2) is 46.8 Å². The van der Waals surface area contributed by atoms with Gasteiger partial charge in [0.1, 0.15) is 0 Å². The number of thiophene rings is 1. The number of anilines is 1. The molecule has 1 aromatic heterocycles. The van der Waals surface area contributed by atoms with Crippen molar-refractivity contribution < 1.29 is 4.79 Å². The maximum atomic E-state index is 11.6. The maximum absolute atomic E-state index is 11.6. The number of amides is 1. The zero-order valence-electron chi connectivity index (χ0n) is 14.1. The minimum Gasteiger partial charge on any atom is -0.352 e. The smallest absolute Gasteiger partial charge is 0.224 e. The van der Waals surface area contributed by atoms with Gasteiger partial charge >= 0.3 is 0 Å². The third-order valence-electron chi connectivity index (χ3n) is 3.41. The Bertz CT molecular complexity index is 650. The van der Waals surface area contributed by atoms with E-state index in [0.717, 1.165) is 30.2 Å². The number of carbonyl (C=O) groups excluding carboxylic acids is 1. The Morgan fingerprint density at radius 2 is 1.88 bits per heavy atom. The van der Waals surface area contributed by atoms with Crippen molar-refractivity contribution in [3.05, 3.63) is 52.2 Å². The fourth-order valence-electron chi connectivity index (χ4n) is 2.15. The highest BCUT2D eigenvalue weighted by Gasteiger charge is 2.02. The van der Waals surface area contributed by atoms with Crippen molar-refractivity contribution in [2.24, 2.45) is 4.99 Å². The summed E-state index contributed by atoms with van der Waals surface area (Å²) in [6.07, 6.45) is 1.40. The second-order valence-electron chi connectivity index (χ2n) is 5.35. The average molecular weight is 344 g/mol. The Labute approximate surface area is 147 Å². The van der Waals surface area contributed by atoms with Crippen LogP contribution in [0, 0.1) is 0 Å². The topological polar surface area (TPSA) is 65.5 Å². The predicted octanol–water partition coefficient (Wildman–Crippen LogP) is 3.35. The normalized spacial score (nSPS) is 11.2. The molecule has 0 radical (unpaired) electrons. The molecular formula is C18H24N4OS. The molecule has 0 aliphatic carbocycles. The maximum Gasteiger partial charge on any atom is 0.224 e. The largest absolute Gasteiger partial charge is 0.352 e. The molecule has 0 bridgehead atoms. The van der Waals surface area contributed by atoms with Crippen LogP contribution in [0.25, 0.3) is 0 Å². The lowest BCUT2D eigenvalue weighted by atomic mass is 10.2. The van der Waals surface area contributed by atoms with E-state index in [1.165, 1.54) is 4.88 Å². The summed E-state index contributed by atoms with van der Waals surface area (Å²) in [7, 11) is 1.76. The van der Waals surface area contributed by atoms with Crippen LogP contribution in [0.3, 0.4) is 0 Å². The van der Waals surface area contributed by atoms with Crippen LogP contribution < -0.4 is 16.0 Å². The van der Waals surface area contributed by atoms with Gasteiger partial charge in [-0.2, -0.15) is 0 Å². The second kappa shape index (κ2) is 9.72. The highest BCUT2D eigenvalue weighted by molar-refractivity contribution is 7.09. The number of benzene rings is 1. The van der Waals surface area contributed by atoms with Crippen molar-refractivity contribution in [2.45, 2.75) is 32.9 Å². The molecule has 128 valence electrons. The molecule has 0 aliphatic heterocycles. The standard InChI is InChI=1S/C18H24N4OS/c1-3-5-17(23)22-15-9-7-14(8-10-15)12-20-18(19-2)21-13-16-6-4-11-24-16/h4,6-11H,3,5,12-13H2,1-2H3,(H,22,23)(H2,19,20,21). The summed E-state index contributed by atoms with van der Waals surface area (Å²) < 4.78 is 0. The summed E-state index contributed by atoms with van der Waals surface area (Å²) in [5, 5.41) is 11.5. The van der Waals surface area contributed by atoms with Gasteiger partial charge in [-0.3, -0.25) is 9.79 Å². The number of nitrogens with zero attached hydrogens (tertiary/aromatic N) is 1. The van der Waals surface area contributed by atoms with Crippen molar-refractivity contribution in [1.82, 2.24) is 10.6 Å². The van der Waals surface area contributed by atoms with Crippen LogP contribution in [0.4, 0.5) is 5.69 Å². The summed E-state index contributed by atoms with van der Waals surface area (Å²) in [6.45, 7) is 3.43. The van der Waals surface area contributed by atoms with Crippen LogP contribution >= 0.6 is 11.3 Å².